The summed E-state index contributed by atoms with van der Waals surface area (Å²) in [5.41, 5.74) is 2.48. The summed E-state index contributed by atoms with van der Waals surface area (Å²) < 4.78 is 83.6. The molecule has 5 rings (SSSR count). The molecule has 2 unspecified atom stereocenters. The predicted molar refractivity (Wildman–Crippen MR) is 166 cm³/mol. The number of aliphatic imine (C=N–C) groups is 1. The Labute approximate surface area is 263 Å². The molecule has 2 atom stereocenters. The molecule has 45 heavy (non-hydrogen) atoms. The van der Waals surface area contributed by atoms with Gasteiger partial charge in [0, 0.05) is 62.1 Å². The smallest absolute Gasteiger partial charge is 0.406 e. The Hall–Kier alpha value is -3.11. The van der Waals surface area contributed by atoms with Crippen LogP contribution in [-0.2, 0) is 25.8 Å². The number of hydrogen-bond acceptors (Lipinski definition) is 7. The summed E-state index contributed by atoms with van der Waals surface area (Å²) in [4.78, 5) is 17.5. The van der Waals surface area contributed by atoms with Crippen molar-refractivity contribution in [3.8, 4) is 5.75 Å². The number of nitrogens with one attached hydrogen (secondary N) is 3. The van der Waals surface area contributed by atoms with Crippen LogP contribution in [0.4, 0.5) is 18.9 Å². The second kappa shape index (κ2) is 12.9. The van der Waals surface area contributed by atoms with Crippen LogP contribution in [0.25, 0.3) is 6.08 Å². The Balaban J connectivity index is 1.28. The summed E-state index contributed by atoms with van der Waals surface area (Å²) in [7, 11) is -4.97. The highest BCUT2D eigenvalue weighted by Gasteiger charge is 2.47. The molecule has 3 aliphatic rings. The third kappa shape index (κ3) is 7.49. The van der Waals surface area contributed by atoms with E-state index in [1.54, 1.807) is 12.3 Å². The molecule has 0 bridgehead atoms. The van der Waals surface area contributed by atoms with Gasteiger partial charge in [-0.1, -0.05) is 12.1 Å². The summed E-state index contributed by atoms with van der Waals surface area (Å²) in [5, 5.41) is 7.15. The lowest BCUT2D eigenvalue weighted by Crippen LogP contribution is -3.11. The van der Waals surface area contributed by atoms with Crippen molar-refractivity contribution < 1.29 is 39.6 Å². The largest absolute Gasteiger partial charge is 0.573 e. The van der Waals surface area contributed by atoms with Gasteiger partial charge in [-0.15, -0.1) is 13.2 Å². The minimum Gasteiger partial charge on any atom is -0.406 e. The molecule has 15 heteroatoms. The van der Waals surface area contributed by atoms with Crippen LogP contribution in [0.2, 0.25) is 0 Å². The number of quaternary nitrogens is 1. The molecule has 1 amide bonds. The number of sulfonamides is 1. The number of aryl methyl sites for hydroxylation is 2. The summed E-state index contributed by atoms with van der Waals surface area (Å²) >= 11 is 0. The van der Waals surface area contributed by atoms with Gasteiger partial charge in [-0.2, -0.15) is 8.51 Å². The number of nitrogens with zero attached hydrogens (tertiary/aromatic N) is 2. The zero-order valence-electron chi connectivity index (χ0n) is 25.2. The highest BCUT2D eigenvalue weighted by Crippen LogP contribution is 2.33. The first-order chi connectivity index (χ1) is 21.2. The molecular formula is C30H37F3N5O5S2+. The first-order valence-corrected chi connectivity index (χ1v) is 17.7. The van der Waals surface area contributed by atoms with Gasteiger partial charge in [0.15, 0.2) is 0 Å². The molecular weight excluding hydrogens is 631 g/mol. The van der Waals surface area contributed by atoms with E-state index < -0.39 is 44.6 Å². The lowest BCUT2D eigenvalue weighted by atomic mass is 9.89. The predicted octanol–water partition coefficient (Wildman–Crippen LogP) is 2.48. The molecule has 0 aromatic heterocycles. The van der Waals surface area contributed by atoms with Crippen molar-refractivity contribution in [3.05, 3.63) is 64.1 Å². The lowest BCUT2D eigenvalue weighted by molar-refractivity contribution is -0.721. The van der Waals surface area contributed by atoms with Crippen LogP contribution < -0.4 is 19.7 Å². The quantitative estimate of drug-likeness (QED) is 0.398. The minimum absolute atomic E-state index is 0.0435. The average molecular weight is 669 g/mol. The maximum Gasteiger partial charge on any atom is 0.573 e. The number of amidine groups is 1. The average Bonchev–Trinajstić information content (AvgIpc) is 3.27. The standard InChI is InChI=1S/C30H36F3N5O5S2/c1-20-17-24(38(44(3)40)23-7-12-34-13-8-23)18-21(2)26(20)9-16-45(41,42)37-14-10-29(11-15-37)28(39)35-27(36-29)22-5-4-6-25(19-22)43-30(31,32)33/h4-6,9,16-19,23,34H,7-8,10-15H2,1-3H3,(H,35,36,39)/p+1/b16-9+. The second-order valence-corrected chi connectivity index (χ2v) is 14.8. The van der Waals surface area contributed by atoms with Crippen LogP contribution in [-0.4, -0.2) is 79.1 Å². The summed E-state index contributed by atoms with van der Waals surface area (Å²) in [6.07, 6.45) is 0.493. The highest BCUT2D eigenvalue weighted by molar-refractivity contribution is 7.92. The van der Waals surface area contributed by atoms with Gasteiger partial charge in [-0.3, -0.25) is 9.79 Å². The van der Waals surface area contributed by atoms with Gasteiger partial charge in [0.2, 0.25) is 21.0 Å². The fraction of sp³-hybridized carbons (Fsp3) is 0.467. The topological polar surface area (TPSA) is 122 Å². The fourth-order valence-corrected chi connectivity index (χ4v) is 8.61. The van der Waals surface area contributed by atoms with E-state index in [1.165, 1.54) is 21.8 Å². The van der Waals surface area contributed by atoms with Crippen LogP contribution in [0.1, 0.15) is 47.9 Å². The van der Waals surface area contributed by atoms with Gasteiger partial charge < -0.3 is 15.4 Å². The maximum atomic E-state index is 13.3. The van der Waals surface area contributed by atoms with E-state index in [1.807, 2.05) is 26.0 Å². The van der Waals surface area contributed by atoms with Crippen molar-refractivity contribution in [3.63, 3.8) is 0 Å². The molecule has 2 saturated heterocycles. The third-order valence-corrected chi connectivity index (χ3v) is 11.3. The van der Waals surface area contributed by atoms with Gasteiger partial charge in [0.25, 0.3) is 5.91 Å². The Kier molecular flexibility index (Phi) is 9.57. The molecule has 0 radical (unpaired) electrons. The second-order valence-electron chi connectivity index (χ2n) is 11.6. The zero-order valence-corrected chi connectivity index (χ0v) is 26.9. The normalized spacial score (nSPS) is 21.1. The van der Waals surface area contributed by atoms with Gasteiger partial charge >= 0.3 is 6.36 Å². The summed E-state index contributed by atoms with van der Waals surface area (Å²) in [5.74, 6) is -0.746. The van der Waals surface area contributed by atoms with E-state index in [4.69, 9.17) is 0 Å². The van der Waals surface area contributed by atoms with E-state index in [9.17, 15) is 30.6 Å². The minimum atomic E-state index is -4.86. The first kappa shape index (κ1) is 33.3. The number of carbonyl (C=O) groups excluding carboxylic acids is 1. The molecule has 0 aliphatic carbocycles. The van der Waals surface area contributed by atoms with Crippen LogP contribution >= 0.6 is 0 Å². The third-order valence-electron chi connectivity index (χ3n) is 8.54. The van der Waals surface area contributed by atoms with Gasteiger partial charge in [0.1, 0.15) is 28.9 Å². The van der Waals surface area contributed by atoms with Gasteiger partial charge in [-0.05, 0) is 61.6 Å². The molecule has 3 N–H and O–H groups in total. The SMILES string of the molecule is Cc1cc([NH+](C2CCNCC2)S(C)=O)cc(C)c1/C=C/S(=O)(=O)N1CCC2(CC1)N=C(c1cccc(OC(F)(F)F)c1)NC2=O. The fourth-order valence-electron chi connectivity index (χ4n) is 6.28. The zero-order chi connectivity index (χ0) is 32.6. The molecule has 10 nitrogen and oxygen atoms in total. The van der Waals surface area contributed by atoms with E-state index in [2.05, 4.69) is 20.4 Å². The van der Waals surface area contributed by atoms with Crippen LogP contribution in [0.3, 0.4) is 0 Å². The lowest BCUT2D eigenvalue weighted by Gasteiger charge is -2.34. The van der Waals surface area contributed by atoms with Crippen molar-refractivity contribution in [2.75, 3.05) is 32.4 Å². The number of alkyl halides is 3. The first-order valence-electron chi connectivity index (χ1n) is 14.7. The van der Waals surface area contributed by atoms with Crippen molar-refractivity contribution in [1.29, 1.82) is 0 Å². The van der Waals surface area contributed by atoms with Gasteiger partial charge in [0.05, 0.1) is 6.26 Å². The summed E-state index contributed by atoms with van der Waals surface area (Å²) in [6.45, 7) is 5.67. The monoisotopic (exact) mass is 668 g/mol. The summed E-state index contributed by atoms with van der Waals surface area (Å²) in [6, 6.07) is 9.35. The number of amides is 1. The molecule has 2 aromatic carbocycles. The number of hydrogen-bond donors (Lipinski definition) is 3. The van der Waals surface area contributed by atoms with Crippen LogP contribution in [0, 0.1) is 13.8 Å². The number of piperidine rings is 2. The van der Waals surface area contributed by atoms with E-state index >= 15 is 0 Å². The van der Waals surface area contributed by atoms with E-state index in [0.717, 1.165) is 64.7 Å². The Morgan fingerprint density at radius 2 is 1.76 bits per heavy atom. The van der Waals surface area contributed by atoms with Crippen molar-refractivity contribution >= 4 is 44.5 Å². The van der Waals surface area contributed by atoms with Crippen molar-refractivity contribution in [2.24, 2.45) is 4.99 Å². The number of benzene rings is 2. The maximum absolute atomic E-state index is 13.3. The molecule has 3 heterocycles. The van der Waals surface area contributed by atoms with Crippen LogP contribution in [0.15, 0.2) is 46.8 Å². The molecule has 244 valence electrons. The molecule has 1 spiro atoms. The van der Waals surface area contributed by atoms with Crippen molar-refractivity contribution in [1.82, 2.24) is 14.9 Å². The Bertz CT molecular complexity index is 1620. The molecule has 0 saturated carbocycles. The van der Waals surface area contributed by atoms with Gasteiger partial charge in [-0.25, -0.2) is 12.7 Å². The highest BCUT2D eigenvalue weighted by atomic mass is 32.2. The van der Waals surface area contributed by atoms with E-state index in [0.29, 0.717) is 0 Å². The number of rotatable bonds is 8. The Morgan fingerprint density at radius 1 is 1.11 bits per heavy atom. The molecule has 2 fully saturated rings. The van der Waals surface area contributed by atoms with Crippen LogP contribution in [0.5, 0.6) is 5.75 Å². The van der Waals surface area contributed by atoms with E-state index in [-0.39, 0.29) is 43.4 Å². The number of halogens is 3. The number of carbonyl (C=O) groups is 1. The number of ether oxygens (including phenoxy) is 1. The Morgan fingerprint density at radius 3 is 2.36 bits per heavy atom. The molecule has 3 aliphatic heterocycles. The van der Waals surface area contributed by atoms with Crippen molar-refractivity contribution in [2.45, 2.75) is 57.5 Å². The molecule has 2 aromatic rings.